The fraction of sp³-hybridized carbons (Fsp3) is 0.0588. The number of hydrogen-bond acceptors (Lipinski definition) is 5. The van der Waals surface area contributed by atoms with Gasteiger partial charge < -0.3 is 4.74 Å². The summed E-state index contributed by atoms with van der Waals surface area (Å²) >= 11 is 1.45. The number of hydrazone groups is 1. The summed E-state index contributed by atoms with van der Waals surface area (Å²) in [7, 11) is 1.64. The number of hydrogen-bond donors (Lipinski definition) is 1. The van der Waals surface area contributed by atoms with Gasteiger partial charge in [0.25, 0.3) is 0 Å². The molecule has 4 nitrogen and oxygen atoms in total. The van der Waals surface area contributed by atoms with Crippen LogP contribution in [0.1, 0.15) is 5.56 Å². The second-order valence-electron chi connectivity index (χ2n) is 4.66. The second-order valence-corrected chi connectivity index (χ2v) is 5.52. The quantitative estimate of drug-likeness (QED) is 0.558. The maximum Gasteiger partial charge on any atom is 0.203 e. The Morgan fingerprint density at radius 3 is 2.74 bits per heavy atom. The molecule has 0 spiro atoms. The van der Waals surface area contributed by atoms with Crippen molar-refractivity contribution in [3.05, 3.63) is 65.3 Å². The smallest absolute Gasteiger partial charge is 0.203 e. The Labute approximate surface area is 137 Å². The Morgan fingerprint density at radius 1 is 1.17 bits per heavy atom. The molecule has 1 N–H and O–H groups in total. The van der Waals surface area contributed by atoms with Crippen molar-refractivity contribution in [3.8, 4) is 17.0 Å². The van der Waals surface area contributed by atoms with Crippen molar-refractivity contribution in [1.29, 1.82) is 0 Å². The predicted molar refractivity (Wildman–Crippen MR) is 91.7 cm³/mol. The van der Waals surface area contributed by atoms with E-state index in [-0.39, 0.29) is 5.82 Å². The number of aromatic nitrogens is 1. The Hall–Kier alpha value is -2.73. The van der Waals surface area contributed by atoms with Gasteiger partial charge in [0.15, 0.2) is 0 Å². The first-order chi connectivity index (χ1) is 11.3. The van der Waals surface area contributed by atoms with E-state index in [1.54, 1.807) is 25.5 Å². The average molecular weight is 327 g/mol. The molecule has 6 heteroatoms. The first-order valence-electron chi connectivity index (χ1n) is 6.90. The van der Waals surface area contributed by atoms with Gasteiger partial charge in [0, 0.05) is 10.9 Å². The van der Waals surface area contributed by atoms with Gasteiger partial charge in [-0.15, -0.1) is 11.3 Å². The molecule has 1 aromatic heterocycles. The molecule has 1 heterocycles. The fourth-order valence-corrected chi connectivity index (χ4v) is 2.68. The lowest BCUT2D eigenvalue weighted by atomic mass is 10.1. The van der Waals surface area contributed by atoms with Gasteiger partial charge in [-0.05, 0) is 29.8 Å². The molecule has 0 aliphatic heterocycles. The van der Waals surface area contributed by atoms with E-state index in [9.17, 15) is 4.39 Å². The van der Waals surface area contributed by atoms with Gasteiger partial charge in [-0.2, -0.15) is 5.10 Å². The Kier molecular flexibility index (Phi) is 4.63. The van der Waals surface area contributed by atoms with Crippen molar-refractivity contribution in [2.75, 3.05) is 12.5 Å². The molecule has 0 aliphatic carbocycles. The summed E-state index contributed by atoms with van der Waals surface area (Å²) in [4.78, 5) is 4.49. The predicted octanol–water partition coefficient (Wildman–Crippen LogP) is 4.40. The maximum atomic E-state index is 12.8. The summed E-state index contributed by atoms with van der Waals surface area (Å²) in [5, 5.41) is 6.72. The highest BCUT2D eigenvalue weighted by atomic mass is 32.1. The van der Waals surface area contributed by atoms with E-state index in [0.717, 1.165) is 22.6 Å². The van der Waals surface area contributed by atoms with E-state index >= 15 is 0 Å². The summed E-state index contributed by atoms with van der Waals surface area (Å²) in [6.07, 6.45) is 1.61. The lowest BCUT2D eigenvalue weighted by Gasteiger charge is -2.04. The molecule has 0 bridgehead atoms. The Bertz CT molecular complexity index is 815. The molecule has 0 saturated carbocycles. The molecule has 23 heavy (non-hydrogen) atoms. The number of nitrogens with one attached hydrogen (secondary N) is 1. The molecule has 0 aliphatic rings. The van der Waals surface area contributed by atoms with E-state index in [4.69, 9.17) is 4.74 Å². The first-order valence-corrected chi connectivity index (χ1v) is 7.78. The van der Waals surface area contributed by atoms with Gasteiger partial charge in [0.2, 0.25) is 5.13 Å². The number of methoxy groups -OCH3 is 1. The van der Waals surface area contributed by atoms with Crippen molar-refractivity contribution < 1.29 is 9.13 Å². The lowest BCUT2D eigenvalue weighted by molar-refractivity contribution is 0.416. The zero-order valence-corrected chi connectivity index (χ0v) is 13.2. The van der Waals surface area contributed by atoms with E-state index in [0.29, 0.717) is 5.13 Å². The molecular weight excluding hydrogens is 313 g/mol. The molecule has 0 saturated heterocycles. The number of halogens is 1. The van der Waals surface area contributed by atoms with Crippen molar-refractivity contribution in [1.82, 2.24) is 4.98 Å². The molecule has 0 amide bonds. The molecule has 0 fully saturated rings. The van der Waals surface area contributed by atoms with Crippen molar-refractivity contribution in [3.63, 3.8) is 0 Å². The van der Waals surface area contributed by atoms with Crippen LogP contribution in [0, 0.1) is 5.82 Å². The van der Waals surface area contributed by atoms with Crippen LogP contribution in [-0.2, 0) is 0 Å². The molecule has 0 atom stereocenters. The largest absolute Gasteiger partial charge is 0.496 e. The monoisotopic (exact) mass is 327 g/mol. The van der Waals surface area contributed by atoms with Gasteiger partial charge in [-0.25, -0.2) is 9.37 Å². The van der Waals surface area contributed by atoms with E-state index in [1.165, 1.54) is 23.5 Å². The van der Waals surface area contributed by atoms with Gasteiger partial charge >= 0.3 is 0 Å². The molecule has 116 valence electrons. The van der Waals surface area contributed by atoms with Crippen molar-refractivity contribution in [2.24, 2.45) is 5.10 Å². The molecule has 2 aromatic carbocycles. The summed E-state index contributed by atoms with van der Waals surface area (Å²) in [6.45, 7) is 0. The number of thiazole rings is 1. The van der Waals surface area contributed by atoms with Crippen LogP contribution in [0.25, 0.3) is 11.3 Å². The first kappa shape index (κ1) is 15.2. The highest BCUT2D eigenvalue weighted by molar-refractivity contribution is 7.14. The molecule has 0 radical (unpaired) electrons. The summed E-state index contributed by atoms with van der Waals surface area (Å²) < 4.78 is 18.2. The number of para-hydroxylation sites is 1. The topological polar surface area (TPSA) is 46.5 Å². The standard InChI is InChI=1S/C17H14FN3OS/c1-22-16-5-3-2-4-14(16)15-11-23-17(20-15)21-19-10-12-6-8-13(18)9-7-12/h2-11H,1H3,(H,20,21)/b19-10-. The SMILES string of the molecule is COc1ccccc1-c1csc(N/N=C\c2ccc(F)cc2)n1. The number of rotatable bonds is 5. The minimum Gasteiger partial charge on any atom is -0.496 e. The summed E-state index contributed by atoms with van der Waals surface area (Å²) in [5.41, 5.74) is 5.44. The second kappa shape index (κ2) is 7.02. The highest BCUT2D eigenvalue weighted by Gasteiger charge is 2.08. The van der Waals surface area contributed by atoms with Crippen LogP contribution < -0.4 is 10.2 Å². The van der Waals surface area contributed by atoms with Crippen molar-refractivity contribution in [2.45, 2.75) is 0 Å². The normalized spacial score (nSPS) is 10.9. The van der Waals surface area contributed by atoms with Gasteiger partial charge in [0.05, 0.1) is 19.0 Å². The molecule has 3 rings (SSSR count). The van der Waals surface area contributed by atoms with E-state index < -0.39 is 0 Å². The fourth-order valence-electron chi connectivity index (χ4n) is 2.02. The zero-order chi connectivity index (χ0) is 16.1. The highest BCUT2D eigenvalue weighted by Crippen LogP contribution is 2.31. The van der Waals surface area contributed by atoms with Crippen LogP contribution in [-0.4, -0.2) is 18.3 Å². The Morgan fingerprint density at radius 2 is 1.96 bits per heavy atom. The van der Waals surface area contributed by atoms with Crippen LogP contribution in [0.4, 0.5) is 9.52 Å². The minimum atomic E-state index is -0.267. The summed E-state index contributed by atoms with van der Waals surface area (Å²) in [5.74, 6) is 0.510. The molecular formula is C17H14FN3OS. The number of benzene rings is 2. The third kappa shape index (κ3) is 3.73. The lowest BCUT2D eigenvalue weighted by Crippen LogP contribution is -1.91. The zero-order valence-electron chi connectivity index (χ0n) is 12.4. The van der Waals surface area contributed by atoms with Crippen LogP contribution in [0.2, 0.25) is 0 Å². The number of anilines is 1. The van der Waals surface area contributed by atoms with Gasteiger partial charge in [-0.1, -0.05) is 24.3 Å². The Balaban J connectivity index is 1.71. The van der Waals surface area contributed by atoms with Crippen LogP contribution in [0.5, 0.6) is 5.75 Å². The van der Waals surface area contributed by atoms with Gasteiger partial charge in [-0.3, -0.25) is 5.43 Å². The van der Waals surface area contributed by atoms with Crippen LogP contribution in [0.15, 0.2) is 59.0 Å². The molecule has 3 aromatic rings. The van der Waals surface area contributed by atoms with Crippen LogP contribution in [0.3, 0.4) is 0 Å². The van der Waals surface area contributed by atoms with Crippen molar-refractivity contribution >= 4 is 22.7 Å². The van der Waals surface area contributed by atoms with E-state index in [2.05, 4.69) is 15.5 Å². The maximum absolute atomic E-state index is 12.8. The van der Waals surface area contributed by atoms with Gasteiger partial charge in [0.1, 0.15) is 11.6 Å². The third-order valence-corrected chi connectivity index (χ3v) is 3.88. The number of nitrogens with zero attached hydrogens (tertiary/aromatic N) is 2. The molecule has 0 unspecified atom stereocenters. The van der Waals surface area contributed by atoms with Crippen LogP contribution >= 0.6 is 11.3 Å². The third-order valence-electron chi connectivity index (χ3n) is 3.13. The average Bonchev–Trinajstić information content (AvgIpc) is 3.05. The number of ether oxygens (including phenoxy) is 1. The summed E-state index contributed by atoms with van der Waals surface area (Å²) in [6, 6.07) is 13.8. The van der Waals surface area contributed by atoms with E-state index in [1.807, 2.05) is 29.6 Å². The minimum absolute atomic E-state index is 0.267.